The summed E-state index contributed by atoms with van der Waals surface area (Å²) in [6.07, 6.45) is 1.56. The van der Waals surface area contributed by atoms with Crippen LogP contribution >= 0.6 is 15.9 Å². The Labute approximate surface area is 127 Å². The average Bonchev–Trinajstić information content (AvgIpc) is 2.62. The Hall–Kier alpha value is -1.61. The number of para-hydroxylation sites is 1. The highest BCUT2D eigenvalue weighted by Crippen LogP contribution is 2.28. The van der Waals surface area contributed by atoms with Crippen molar-refractivity contribution in [2.24, 2.45) is 0 Å². The maximum absolute atomic E-state index is 12.1. The molecule has 0 aliphatic carbocycles. The Bertz CT molecular complexity index is 638. The third-order valence-electron chi connectivity index (χ3n) is 3.70. The van der Waals surface area contributed by atoms with Crippen LogP contribution < -0.4 is 4.90 Å². The van der Waals surface area contributed by atoms with Crippen molar-refractivity contribution in [1.29, 1.82) is 0 Å². The molecular formula is C17H16BrNO. The summed E-state index contributed by atoms with van der Waals surface area (Å²) in [5, 5.41) is 0. The summed E-state index contributed by atoms with van der Waals surface area (Å²) < 4.78 is 1.12. The zero-order chi connectivity index (χ0) is 13.9. The number of nitrogens with zero attached hydrogens (tertiary/aromatic N) is 1. The second kappa shape index (κ2) is 5.80. The van der Waals surface area contributed by atoms with Crippen LogP contribution in [0.25, 0.3) is 0 Å². The summed E-state index contributed by atoms with van der Waals surface area (Å²) in [6.45, 7) is 1.75. The first kappa shape index (κ1) is 13.4. The number of ketones is 1. The van der Waals surface area contributed by atoms with E-state index in [1.54, 1.807) is 0 Å². The van der Waals surface area contributed by atoms with Crippen LogP contribution in [-0.2, 0) is 6.54 Å². The topological polar surface area (TPSA) is 20.3 Å². The van der Waals surface area contributed by atoms with E-state index in [4.69, 9.17) is 0 Å². The van der Waals surface area contributed by atoms with Crippen molar-refractivity contribution in [3.63, 3.8) is 0 Å². The molecule has 0 saturated heterocycles. The van der Waals surface area contributed by atoms with E-state index in [0.29, 0.717) is 6.42 Å². The van der Waals surface area contributed by atoms with E-state index in [-0.39, 0.29) is 5.78 Å². The summed E-state index contributed by atoms with van der Waals surface area (Å²) in [4.78, 5) is 14.4. The van der Waals surface area contributed by atoms with Crippen LogP contribution in [0.2, 0.25) is 0 Å². The molecule has 2 nitrogen and oxygen atoms in total. The van der Waals surface area contributed by atoms with Crippen molar-refractivity contribution < 1.29 is 4.79 Å². The maximum atomic E-state index is 12.1. The van der Waals surface area contributed by atoms with Crippen molar-refractivity contribution in [2.75, 3.05) is 11.4 Å². The highest BCUT2D eigenvalue weighted by atomic mass is 79.9. The molecule has 0 aromatic heterocycles. The molecule has 2 aromatic rings. The first-order valence-electron chi connectivity index (χ1n) is 6.86. The summed E-state index contributed by atoms with van der Waals surface area (Å²) >= 11 is 3.60. The van der Waals surface area contributed by atoms with E-state index in [1.165, 1.54) is 5.56 Å². The first-order valence-corrected chi connectivity index (χ1v) is 7.65. The summed E-state index contributed by atoms with van der Waals surface area (Å²) in [7, 11) is 0. The third kappa shape index (κ3) is 2.63. The van der Waals surface area contributed by atoms with Gasteiger partial charge < -0.3 is 4.90 Å². The SMILES string of the molecule is O=C1CCCN(Cc2ccccc2Br)c2ccccc21. The van der Waals surface area contributed by atoms with Crippen LogP contribution in [0.4, 0.5) is 5.69 Å². The lowest BCUT2D eigenvalue weighted by molar-refractivity contribution is 0.0984. The molecule has 1 aliphatic rings. The normalized spacial score (nSPS) is 14.8. The van der Waals surface area contributed by atoms with Gasteiger partial charge in [-0.25, -0.2) is 0 Å². The van der Waals surface area contributed by atoms with E-state index in [0.717, 1.165) is 35.2 Å². The lowest BCUT2D eigenvalue weighted by Gasteiger charge is -2.25. The molecule has 3 rings (SSSR count). The van der Waals surface area contributed by atoms with Gasteiger partial charge in [0.2, 0.25) is 0 Å². The minimum Gasteiger partial charge on any atom is -0.367 e. The number of hydrogen-bond acceptors (Lipinski definition) is 2. The van der Waals surface area contributed by atoms with Crippen LogP contribution in [0.3, 0.4) is 0 Å². The quantitative estimate of drug-likeness (QED) is 0.812. The number of halogens is 1. The third-order valence-corrected chi connectivity index (χ3v) is 4.47. The molecule has 1 aliphatic heterocycles. The van der Waals surface area contributed by atoms with E-state index in [1.807, 2.05) is 24.3 Å². The smallest absolute Gasteiger partial charge is 0.165 e. The molecule has 0 spiro atoms. The second-order valence-corrected chi connectivity index (χ2v) is 5.91. The largest absolute Gasteiger partial charge is 0.367 e. The van der Waals surface area contributed by atoms with Gasteiger partial charge in [-0.3, -0.25) is 4.79 Å². The zero-order valence-corrected chi connectivity index (χ0v) is 12.8. The van der Waals surface area contributed by atoms with Crippen molar-refractivity contribution in [2.45, 2.75) is 19.4 Å². The predicted molar refractivity (Wildman–Crippen MR) is 85.2 cm³/mol. The Morgan fingerprint density at radius 1 is 1.05 bits per heavy atom. The molecule has 0 amide bonds. The Kier molecular flexibility index (Phi) is 3.88. The minimum absolute atomic E-state index is 0.259. The molecule has 1 heterocycles. The minimum atomic E-state index is 0.259. The Morgan fingerprint density at radius 2 is 1.80 bits per heavy atom. The molecule has 20 heavy (non-hydrogen) atoms. The van der Waals surface area contributed by atoms with E-state index in [9.17, 15) is 4.79 Å². The molecule has 0 unspecified atom stereocenters. The standard InChI is InChI=1S/C17H16BrNO/c18-15-8-3-1-6-13(15)12-19-11-5-10-17(20)14-7-2-4-9-16(14)19/h1-4,6-9H,5,10-12H2. The van der Waals surface area contributed by atoms with Gasteiger partial charge in [-0.2, -0.15) is 0 Å². The number of carbonyl (C=O) groups excluding carboxylic acids is 1. The first-order chi connectivity index (χ1) is 9.75. The molecule has 0 N–H and O–H groups in total. The van der Waals surface area contributed by atoms with Gasteiger partial charge in [0.15, 0.2) is 5.78 Å². The van der Waals surface area contributed by atoms with Crippen molar-refractivity contribution in [1.82, 2.24) is 0 Å². The monoisotopic (exact) mass is 329 g/mol. The molecule has 0 fully saturated rings. The maximum Gasteiger partial charge on any atom is 0.165 e. The van der Waals surface area contributed by atoms with Gasteiger partial charge in [-0.05, 0) is 30.2 Å². The van der Waals surface area contributed by atoms with E-state index in [2.05, 4.69) is 45.1 Å². The van der Waals surface area contributed by atoms with Gasteiger partial charge in [-0.15, -0.1) is 0 Å². The van der Waals surface area contributed by atoms with E-state index >= 15 is 0 Å². The molecule has 0 bridgehead atoms. The molecule has 0 atom stereocenters. The fourth-order valence-electron chi connectivity index (χ4n) is 2.67. The lowest BCUT2D eigenvalue weighted by Crippen LogP contribution is -2.23. The number of benzene rings is 2. The van der Waals surface area contributed by atoms with Crippen LogP contribution in [0.1, 0.15) is 28.8 Å². The van der Waals surface area contributed by atoms with Gasteiger partial charge in [0, 0.05) is 35.2 Å². The highest BCUT2D eigenvalue weighted by molar-refractivity contribution is 9.10. The summed E-state index contributed by atoms with van der Waals surface area (Å²) in [5.74, 6) is 0.259. The number of hydrogen-bond donors (Lipinski definition) is 0. The number of rotatable bonds is 2. The van der Waals surface area contributed by atoms with Crippen molar-refractivity contribution >= 4 is 27.4 Å². The van der Waals surface area contributed by atoms with Gasteiger partial charge in [0.05, 0.1) is 0 Å². The summed E-state index contributed by atoms with van der Waals surface area (Å²) in [5.41, 5.74) is 3.17. The fraction of sp³-hybridized carbons (Fsp3) is 0.235. The fourth-order valence-corrected chi connectivity index (χ4v) is 3.08. The van der Waals surface area contributed by atoms with Gasteiger partial charge in [-0.1, -0.05) is 46.3 Å². The van der Waals surface area contributed by atoms with Crippen molar-refractivity contribution in [3.8, 4) is 0 Å². The number of carbonyl (C=O) groups is 1. The molecule has 0 radical (unpaired) electrons. The zero-order valence-electron chi connectivity index (χ0n) is 11.2. The van der Waals surface area contributed by atoms with Crippen LogP contribution in [0.5, 0.6) is 0 Å². The molecule has 3 heteroatoms. The van der Waals surface area contributed by atoms with Crippen molar-refractivity contribution in [3.05, 3.63) is 64.1 Å². The van der Waals surface area contributed by atoms with Crippen LogP contribution in [-0.4, -0.2) is 12.3 Å². The van der Waals surface area contributed by atoms with Gasteiger partial charge in [0.1, 0.15) is 0 Å². The molecule has 0 saturated carbocycles. The Balaban J connectivity index is 1.96. The predicted octanol–water partition coefficient (Wildman–Crippen LogP) is 4.43. The van der Waals surface area contributed by atoms with Crippen LogP contribution in [0.15, 0.2) is 53.0 Å². The lowest BCUT2D eigenvalue weighted by atomic mass is 10.1. The number of anilines is 1. The van der Waals surface area contributed by atoms with Crippen LogP contribution in [0, 0.1) is 0 Å². The van der Waals surface area contributed by atoms with Gasteiger partial charge in [0.25, 0.3) is 0 Å². The second-order valence-electron chi connectivity index (χ2n) is 5.06. The van der Waals surface area contributed by atoms with Gasteiger partial charge >= 0.3 is 0 Å². The van der Waals surface area contributed by atoms with E-state index < -0.39 is 0 Å². The summed E-state index contributed by atoms with van der Waals surface area (Å²) in [6, 6.07) is 16.2. The Morgan fingerprint density at radius 3 is 2.65 bits per heavy atom. The molecule has 102 valence electrons. The number of Topliss-reactive ketones (excluding diaryl/α,β-unsaturated/α-hetero) is 1. The highest BCUT2D eigenvalue weighted by Gasteiger charge is 2.20. The molecular weight excluding hydrogens is 314 g/mol. The number of fused-ring (bicyclic) bond motifs is 1. The molecule has 2 aromatic carbocycles. The average molecular weight is 330 g/mol.